The van der Waals surface area contributed by atoms with E-state index in [1.807, 2.05) is 12.1 Å². The quantitative estimate of drug-likeness (QED) is 0.689. The first-order chi connectivity index (χ1) is 10.1. The van der Waals surface area contributed by atoms with Gasteiger partial charge in [0.15, 0.2) is 5.88 Å². The Hall–Kier alpha value is -2.26. The van der Waals surface area contributed by atoms with Crippen LogP contribution in [0, 0.1) is 6.92 Å². The molecule has 0 unspecified atom stereocenters. The summed E-state index contributed by atoms with van der Waals surface area (Å²) in [7, 11) is 0. The number of aromatic amines is 1. The van der Waals surface area contributed by atoms with E-state index in [1.165, 1.54) is 5.56 Å². The van der Waals surface area contributed by atoms with Gasteiger partial charge in [0.05, 0.1) is 12.1 Å². The number of aromatic hydroxyl groups is 1. The highest BCUT2D eigenvalue weighted by Crippen LogP contribution is 2.28. The number of aryl methyl sites for hydroxylation is 1. The number of aromatic nitrogens is 1. The molecule has 0 aliphatic rings. The molecule has 2 aromatic carbocycles. The first kappa shape index (κ1) is 13.7. The Morgan fingerprint density at radius 1 is 1.19 bits per heavy atom. The maximum absolute atomic E-state index is 9.97. The average molecular weight is 299 g/mol. The molecule has 3 aromatic rings. The van der Waals surface area contributed by atoms with Crippen molar-refractivity contribution >= 4 is 28.7 Å². The number of halogens is 1. The number of benzene rings is 2. The van der Waals surface area contributed by atoms with Gasteiger partial charge in [0.25, 0.3) is 0 Å². The van der Waals surface area contributed by atoms with Crippen LogP contribution in [0.5, 0.6) is 5.88 Å². The zero-order valence-corrected chi connectivity index (χ0v) is 12.4. The molecular weight excluding hydrogens is 284 g/mol. The van der Waals surface area contributed by atoms with Crippen molar-refractivity contribution in [2.45, 2.75) is 13.5 Å². The van der Waals surface area contributed by atoms with Gasteiger partial charge in [-0.1, -0.05) is 41.4 Å². The van der Waals surface area contributed by atoms with E-state index in [9.17, 15) is 5.11 Å². The van der Waals surface area contributed by atoms with Gasteiger partial charge in [-0.2, -0.15) is 0 Å². The fourth-order valence-electron chi connectivity index (χ4n) is 2.24. The van der Waals surface area contributed by atoms with Gasteiger partial charge >= 0.3 is 0 Å². The van der Waals surface area contributed by atoms with Crippen LogP contribution >= 0.6 is 11.6 Å². The predicted octanol–water partition coefficient (Wildman–Crippen LogP) is 4.45. The Morgan fingerprint density at radius 3 is 2.71 bits per heavy atom. The highest BCUT2D eigenvalue weighted by atomic mass is 35.5. The normalized spacial score (nSPS) is 11.5. The second-order valence-corrected chi connectivity index (χ2v) is 5.47. The van der Waals surface area contributed by atoms with Gasteiger partial charge in [-0.3, -0.25) is 4.99 Å². The van der Waals surface area contributed by atoms with Crippen LogP contribution in [-0.2, 0) is 6.54 Å². The Balaban J connectivity index is 1.87. The first-order valence-corrected chi connectivity index (χ1v) is 7.07. The lowest BCUT2D eigenvalue weighted by Gasteiger charge is -1.97. The molecule has 0 saturated heterocycles. The van der Waals surface area contributed by atoms with Crippen LogP contribution in [0.3, 0.4) is 0 Å². The van der Waals surface area contributed by atoms with Crippen LogP contribution in [-0.4, -0.2) is 16.3 Å². The van der Waals surface area contributed by atoms with E-state index in [-0.39, 0.29) is 5.88 Å². The highest BCUT2D eigenvalue weighted by Gasteiger charge is 2.08. The number of aliphatic imine (C=N–C) groups is 1. The van der Waals surface area contributed by atoms with E-state index in [4.69, 9.17) is 11.6 Å². The molecule has 3 nitrogen and oxygen atoms in total. The van der Waals surface area contributed by atoms with E-state index >= 15 is 0 Å². The summed E-state index contributed by atoms with van der Waals surface area (Å²) in [5, 5.41) is 11.5. The largest absolute Gasteiger partial charge is 0.494 e. The van der Waals surface area contributed by atoms with Gasteiger partial charge in [0.1, 0.15) is 0 Å². The second-order valence-electron chi connectivity index (χ2n) is 5.03. The molecular formula is C17H15ClN2O. The Labute approximate surface area is 127 Å². The summed E-state index contributed by atoms with van der Waals surface area (Å²) in [6, 6.07) is 13.7. The minimum absolute atomic E-state index is 0.111. The molecule has 3 rings (SSSR count). The Morgan fingerprint density at radius 2 is 1.95 bits per heavy atom. The molecule has 0 aliphatic carbocycles. The summed E-state index contributed by atoms with van der Waals surface area (Å²) in [4.78, 5) is 7.32. The third kappa shape index (κ3) is 2.93. The summed E-state index contributed by atoms with van der Waals surface area (Å²) in [5.74, 6) is 0.111. The molecule has 0 saturated carbocycles. The van der Waals surface area contributed by atoms with Gasteiger partial charge in [-0.05, 0) is 30.7 Å². The summed E-state index contributed by atoms with van der Waals surface area (Å²) >= 11 is 6.00. The van der Waals surface area contributed by atoms with Crippen LogP contribution in [0.2, 0.25) is 5.02 Å². The average Bonchev–Trinajstić information content (AvgIpc) is 2.77. The topological polar surface area (TPSA) is 48.4 Å². The molecule has 106 valence electrons. The molecule has 0 fully saturated rings. The third-order valence-corrected chi connectivity index (χ3v) is 3.63. The monoisotopic (exact) mass is 298 g/mol. The number of nitrogens with one attached hydrogen (secondary N) is 1. The molecule has 1 heterocycles. The van der Waals surface area contributed by atoms with Crippen molar-refractivity contribution in [1.82, 2.24) is 4.98 Å². The van der Waals surface area contributed by atoms with Crippen molar-refractivity contribution in [3.8, 4) is 5.88 Å². The number of nitrogens with zero attached hydrogens (tertiary/aromatic N) is 1. The lowest BCUT2D eigenvalue weighted by Crippen LogP contribution is -1.85. The molecule has 0 amide bonds. The van der Waals surface area contributed by atoms with Gasteiger partial charge in [-0.25, -0.2) is 0 Å². The van der Waals surface area contributed by atoms with E-state index in [1.54, 1.807) is 12.3 Å². The number of rotatable bonds is 3. The molecule has 21 heavy (non-hydrogen) atoms. The number of hydrogen-bond donors (Lipinski definition) is 2. The van der Waals surface area contributed by atoms with Crippen molar-refractivity contribution in [2.24, 2.45) is 4.99 Å². The molecule has 0 bridgehead atoms. The van der Waals surface area contributed by atoms with Crippen LogP contribution in [0.15, 0.2) is 47.5 Å². The van der Waals surface area contributed by atoms with Crippen molar-refractivity contribution < 1.29 is 5.11 Å². The van der Waals surface area contributed by atoms with Crippen LogP contribution in [0.1, 0.15) is 16.7 Å². The van der Waals surface area contributed by atoms with Crippen molar-refractivity contribution in [3.63, 3.8) is 0 Å². The number of hydrogen-bond acceptors (Lipinski definition) is 2. The molecule has 0 radical (unpaired) electrons. The van der Waals surface area contributed by atoms with Crippen molar-refractivity contribution in [1.29, 1.82) is 0 Å². The maximum Gasteiger partial charge on any atom is 0.198 e. The molecule has 1 aromatic heterocycles. The number of fused-ring (bicyclic) bond motifs is 1. The van der Waals surface area contributed by atoms with Gasteiger partial charge in [0, 0.05) is 22.1 Å². The second kappa shape index (κ2) is 5.62. The SMILES string of the molecule is Cc1ccc(CN=Cc2c(O)[nH]c3ccc(Cl)cc23)cc1. The zero-order chi connectivity index (χ0) is 14.8. The third-order valence-electron chi connectivity index (χ3n) is 3.39. The fraction of sp³-hybridized carbons (Fsp3) is 0.118. The van der Waals surface area contributed by atoms with Gasteiger partial charge < -0.3 is 10.1 Å². The molecule has 2 N–H and O–H groups in total. The zero-order valence-electron chi connectivity index (χ0n) is 11.6. The molecule has 0 spiro atoms. The van der Waals surface area contributed by atoms with E-state index in [0.717, 1.165) is 16.5 Å². The fourth-order valence-corrected chi connectivity index (χ4v) is 2.41. The molecule has 4 heteroatoms. The Kier molecular flexibility index (Phi) is 3.67. The van der Waals surface area contributed by atoms with E-state index in [2.05, 4.69) is 41.2 Å². The highest BCUT2D eigenvalue weighted by molar-refractivity contribution is 6.31. The number of H-pyrrole nitrogens is 1. The summed E-state index contributed by atoms with van der Waals surface area (Å²) in [6.07, 6.45) is 1.68. The van der Waals surface area contributed by atoms with Crippen LogP contribution in [0.25, 0.3) is 10.9 Å². The van der Waals surface area contributed by atoms with E-state index < -0.39 is 0 Å². The van der Waals surface area contributed by atoms with Crippen molar-refractivity contribution in [3.05, 3.63) is 64.2 Å². The Bertz CT molecular complexity index is 804. The van der Waals surface area contributed by atoms with Gasteiger partial charge in [-0.15, -0.1) is 0 Å². The van der Waals surface area contributed by atoms with Crippen LogP contribution < -0.4 is 0 Å². The molecule has 0 atom stereocenters. The minimum Gasteiger partial charge on any atom is -0.494 e. The minimum atomic E-state index is 0.111. The lowest BCUT2D eigenvalue weighted by atomic mass is 10.1. The van der Waals surface area contributed by atoms with Crippen LogP contribution in [0.4, 0.5) is 0 Å². The van der Waals surface area contributed by atoms with Gasteiger partial charge in [0.2, 0.25) is 0 Å². The molecule has 0 aliphatic heterocycles. The first-order valence-electron chi connectivity index (χ1n) is 6.69. The standard InChI is InChI=1S/C17H15ClN2O/c1-11-2-4-12(5-3-11)9-19-10-15-14-8-13(18)6-7-16(14)20-17(15)21/h2-8,10,20-21H,9H2,1H3. The van der Waals surface area contributed by atoms with E-state index in [0.29, 0.717) is 17.1 Å². The predicted molar refractivity (Wildman–Crippen MR) is 87.5 cm³/mol. The maximum atomic E-state index is 9.97. The summed E-state index contributed by atoms with van der Waals surface area (Å²) in [5.41, 5.74) is 3.87. The summed E-state index contributed by atoms with van der Waals surface area (Å²) < 4.78 is 0. The van der Waals surface area contributed by atoms with Crippen molar-refractivity contribution in [2.75, 3.05) is 0 Å². The lowest BCUT2D eigenvalue weighted by molar-refractivity contribution is 0.457. The summed E-state index contributed by atoms with van der Waals surface area (Å²) in [6.45, 7) is 2.63. The smallest absolute Gasteiger partial charge is 0.198 e.